The van der Waals surface area contributed by atoms with Crippen molar-refractivity contribution in [3.63, 3.8) is 0 Å². The third-order valence-electron chi connectivity index (χ3n) is 5.37. The summed E-state index contributed by atoms with van der Waals surface area (Å²) < 4.78 is 45.5. The van der Waals surface area contributed by atoms with Crippen molar-refractivity contribution in [3.05, 3.63) is 93.9 Å². The molecule has 2 nitrogen and oxygen atoms in total. The molecule has 3 aromatic carbocycles. The summed E-state index contributed by atoms with van der Waals surface area (Å²) in [6.45, 7) is 4.07. The minimum absolute atomic E-state index is 0.307. The molecule has 0 N–H and O–H groups in total. The summed E-state index contributed by atoms with van der Waals surface area (Å²) in [5.41, 5.74) is 3.42. The summed E-state index contributed by atoms with van der Waals surface area (Å²) in [6.07, 6.45) is -3.93. The number of rotatable bonds is 5. The number of carbonyl (C=O) groups is 1. The fourth-order valence-electron chi connectivity index (χ4n) is 3.76. The van der Waals surface area contributed by atoms with Crippen molar-refractivity contribution in [3.8, 4) is 11.1 Å². The molecule has 32 heavy (non-hydrogen) atoms. The average Bonchev–Trinajstić information content (AvgIpc) is 3.09. The molecule has 164 valence electrons. The van der Waals surface area contributed by atoms with Gasteiger partial charge in [0.15, 0.2) is 0 Å². The SMILES string of the molecule is CCOC(=O)c1cccc(-c2cccc3c(C)c(Cc4cccc(C(F)(F)F)c4)sc23)c1. The second-order valence-electron chi connectivity index (χ2n) is 7.51. The highest BCUT2D eigenvalue weighted by Crippen LogP contribution is 2.39. The molecule has 0 aliphatic heterocycles. The fourth-order valence-corrected chi connectivity index (χ4v) is 5.13. The summed E-state index contributed by atoms with van der Waals surface area (Å²) in [5, 5.41) is 1.07. The molecule has 0 saturated carbocycles. The van der Waals surface area contributed by atoms with Crippen LogP contribution in [0.3, 0.4) is 0 Å². The van der Waals surface area contributed by atoms with E-state index in [0.29, 0.717) is 24.2 Å². The van der Waals surface area contributed by atoms with E-state index in [1.807, 2.05) is 43.3 Å². The molecule has 0 fully saturated rings. The quantitative estimate of drug-likeness (QED) is 0.289. The number of carbonyl (C=O) groups excluding carboxylic acids is 1. The van der Waals surface area contributed by atoms with Gasteiger partial charge in [0.1, 0.15) is 0 Å². The first-order valence-corrected chi connectivity index (χ1v) is 11.0. The predicted octanol–water partition coefficient (Wildman–Crippen LogP) is 7.66. The number of ether oxygens (including phenoxy) is 1. The molecule has 1 aromatic heterocycles. The molecule has 0 spiro atoms. The smallest absolute Gasteiger partial charge is 0.416 e. The molecule has 0 atom stereocenters. The maximum absolute atomic E-state index is 13.1. The zero-order valence-electron chi connectivity index (χ0n) is 17.6. The number of benzene rings is 3. The molecule has 0 radical (unpaired) electrons. The summed E-state index contributed by atoms with van der Waals surface area (Å²) in [5.74, 6) is -0.367. The van der Waals surface area contributed by atoms with Gasteiger partial charge in [-0.05, 0) is 59.7 Å². The van der Waals surface area contributed by atoms with Crippen molar-refractivity contribution in [1.82, 2.24) is 0 Å². The zero-order valence-corrected chi connectivity index (χ0v) is 18.4. The van der Waals surface area contributed by atoms with Gasteiger partial charge in [0.2, 0.25) is 0 Å². The van der Waals surface area contributed by atoms with E-state index in [4.69, 9.17) is 4.74 Å². The maximum Gasteiger partial charge on any atom is 0.416 e. The van der Waals surface area contributed by atoms with Crippen molar-refractivity contribution in [2.45, 2.75) is 26.4 Å². The third-order valence-corrected chi connectivity index (χ3v) is 6.71. The Labute approximate surface area is 188 Å². The van der Waals surface area contributed by atoms with Gasteiger partial charge in [0.25, 0.3) is 0 Å². The van der Waals surface area contributed by atoms with Crippen LogP contribution in [0, 0.1) is 6.92 Å². The van der Waals surface area contributed by atoms with Crippen LogP contribution in [0.25, 0.3) is 21.2 Å². The second-order valence-corrected chi connectivity index (χ2v) is 8.61. The van der Waals surface area contributed by atoms with Crippen LogP contribution in [0.15, 0.2) is 66.7 Å². The number of fused-ring (bicyclic) bond motifs is 1. The second kappa shape index (κ2) is 8.79. The first kappa shape index (κ1) is 22.1. The molecule has 4 aromatic rings. The molecule has 0 aliphatic carbocycles. The van der Waals surface area contributed by atoms with Crippen LogP contribution in [0.1, 0.15) is 38.8 Å². The molecular formula is C26H21F3O2S. The lowest BCUT2D eigenvalue weighted by molar-refractivity contribution is -0.137. The van der Waals surface area contributed by atoms with Gasteiger partial charge in [-0.15, -0.1) is 11.3 Å². The van der Waals surface area contributed by atoms with Gasteiger partial charge < -0.3 is 4.74 Å². The normalized spacial score (nSPS) is 11.7. The summed E-state index contributed by atoms with van der Waals surface area (Å²) in [4.78, 5) is 13.2. The first-order valence-electron chi connectivity index (χ1n) is 10.2. The van der Waals surface area contributed by atoms with Gasteiger partial charge in [-0.3, -0.25) is 0 Å². The van der Waals surface area contributed by atoms with Crippen LogP contribution in [0.2, 0.25) is 0 Å². The lowest BCUT2D eigenvalue weighted by Gasteiger charge is -2.08. The Hall–Kier alpha value is -3.12. The number of aryl methyl sites for hydroxylation is 1. The van der Waals surface area contributed by atoms with Crippen molar-refractivity contribution >= 4 is 27.4 Å². The minimum atomic E-state index is -4.36. The standard InChI is InChI=1S/C26H21F3O2S/c1-3-31-25(30)19-9-5-8-18(15-19)22-12-6-11-21-16(2)23(32-24(21)22)14-17-7-4-10-20(13-17)26(27,28)29/h4-13,15H,3,14H2,1-2H3. The number of hydrogen-bond acceptors (Lipinski definition) is 3. The number of halogens is 3. The maximum atomic E-state index is 13.1. The summed E-state index contributed by atoms with van der Waals surface area (Å²) >= 11 is 1.58. The van der Waals surface area contributed by atoms with E-state index in [1.165, 1.54) is 12.1 Å². The number of esters is 1. The van der Waals surface area contributed by atoms with Crippen LogP contribution in [0.5, 0.6) is 0 Å². The molecular weight excluding hydrogens is 433 g/mol. The van der Waals surface area contributed by atoms with Crippen LogP contribution in [-0.4, -0.2) is 12.6 Å². The Morgan fingerprint density at radius 2 is 1.75 bits per heavy atom. The van der Waals surface area contributed by atoms with E-state index in [9.17, 15) is 18.0 Å². The number of hydrogen-bond donors (Lipinski definition) is 0. The Balaban J connectivity index is 1.74. The van der Waals surface area contributed by atoms with E-state index in [1.54, 1.807) is 30.4 Å². The van der Waals surface area contributed by atoms with E-state index in [0.717, 1.165) is 37.7 Å². The van der Waals surface area contributed by atoms with Gasteiger partial charge >= 0.3 is 12.1 Å². The molecule has 0 amide bonds. The van der Waals surface area contributed by atoms with Crippen molar-refractivity contribution in [1.29, 1.82) is 0 Å². The highest BCUT2D eigenvalue weighted by molar-refractivity contribution is 7.19. The Kier molecular flexibility index (Phi) is 6.07. The minimum Gasteiger partial charge on any atom is -0.462 e. The van der Waals surface area contributed by atoms with Crippen LogP contribution in [0.4, 0.5) is 13.2 Å². The number of alkyl halides is 3. The van der Waals surface area contributed by atoms with Crippen LogP contribution < -0.4 is 0 Å². The summed E-state index contributed by atoms with van der Waals surface area (Å²) in [7, 11) is 0. The van der Waals surface area contributed by atoms with Crippen LogP contribution >= 0.6 is 11.3 Å². The largest absolute Gasteiger partial charge is 0.462 e. The number of thiophene rings is 1. The third kappa shape index (κ3) is 4.41. The van der Waals surface area contributed by atoms with E-state index in [-0.39, 0.29) is 5.97 Å². The van der Waals surface area contributed by atoms with Gasteiger partial charge in [0.05, 0.1) is 17.7 Å². The molecule has 0 saturated heterocycles. The highest BCUT2D eigenvalue weighted by Gasteiger charge is 2.30. The molecule has 0 aliphatic rings. The monoisotopic (exact) mass is 454 g/mol. The van der Waals surface area contributed by atoms with E-state index < -0.39 is 11.7 Å². The van der Waals surface area contributed by atoms with E-state index >= 15 is 0 Å². The van der Waals surface area contributed by atoms with Gasteiger partial charge in [-0.25, -0.2) is 4.79 Å². The molecule has 0 unspecified atom stereocenters. The van der Waals surface area contributed by atoms with Gasteiger partial charge in [0, 0.05) is 16.0 Å². The average molecular weight is 455 g/mol. The van der Waals surface area contributed by atoms with Gasteiger partial charge in [-0.1, -0.05) is 48.5 Å². The van der Waals surface area contributed by atoms with E-state index in [2.05, 4.69) is 0 Å². The van der Waals surface area contributed by atoms with Gasteiger partial charge in [-0.2, -0.15) is 13.2 Å². The lowest BCUT2D eigenvalue weighted by atomic mass is 9.99. The van der Waals surface area contributed by atoms with Crippen molar-refractivity contribution < 1.29 is 22.7 Å². The zero-order chi connectivity index (χ0) is 22.9. The molecule has 6 heteroatoms. The topological polar surface area (TPSA) is 26.3 Å². The first-order chi connectivity index (χ1) is 15.3. The summed E-state index contributed by atoms with van der Waals surface area (Å²) in [6, 6.07) is 18.8. The Morgan fingerprint density at radius 3 is 2.50 bits per heavy atom. The van der Waals surface area contributed by atoms with Crippen molar-refractivity contribution in [2.24, 2.45) is 0 Å². The molecule has 4 rings (SSSR count). The Morgan fingerprint density at radius 1 is 1.00 bits per heavy atom. The molecule has 1 heterocycles. The highest BCUT2D eigenvalue weighted by atomic mass is 32.1. The molecule has 0 bridgehead atoms. The van der Waals surface area contributed by atoms with Crippen molar-refractivity contribution in [2.75, 3.05) is 6.61 Å². The Bertz CT molecular complexity index is 1290. The van der Waals surface area contributed by atoms with Crippen LogP contribution in [-0.2, 0) is 17.3 Å². The lowest BCUT2D eigenvalue weighted by Crippen LogP contribution is -2.05. The fraction of sp³-hybridized carbons (Fsp3) is 0.192. The predicted molar refractivity (Wildman–Crippen MR) is 122 cm³/mol.